The van der Waals surface area contributed by atoms with Gasteiger partial charge in [0, 0.05) is 31.2 Å². The molecule has 3 N–H and O–H groups in total. The smallest absolute Gasteiger partial charge is 0.317 e. The molecule has 3 rings (SSSR count). The summed E-state index contributed by atoms with van der Waals surface area (Å²) in [5.41, 5.74) is 7.37. The van der Waals surface area contributed by atoms with Crippen LogP contribution in [0.3, 0.4) is 0 Å². The number of amides is 2. The average molecular weight is 391 g/mol. The van der Waals surface area contributed by atoms with Crippen LogP contribution in [0.2, 0.25) is 5.02 Å². The zero-order valence-corrected chi connectivity index (χ0v) is 16.6. The van der Waals surface area contributed by atoms with Crippen LogP contribution in [0.25, 0.3) is 0 Å². The lowest BCUT2D eigenvalue weighted by Crippen LogP contribution is -2.46. The molecule has 1 saturated heterocycles. The van der Waals surface area contributed by atoms with Gasteiger partial charge in [0.1, 0.15) is 5.69 Å². The molecular formula is C19H27ClN6O. The molecule has 0 bridgehead atoms. The Bertz CT molecular complexity index is 767. The minimum atomic E-state index is -0.502. The standard InChI is InChI=1S/C19H27ClN6O/c1-19(2,21)17-13-26(24-23-17)12-15-4-3-9-25(11-15)18(27)22-10-14-5-7-16(20)8-6-14/h5-8,13,15H,3-4,9-12,21H2,1-2H3,(H,22,27). The minimum Gasteiger partial charge on any atom is -0.334 e. The first-order valence-corrected chi connectivity index (χ1v) is 9.66. The van der Waals surface area contributed by atoms with Crippen molar-refractivity contribution in [1.29, 1.82) is 0 Å². The monoisotopic (exact) mass is 390 g/mol. The maximum atomic E-state index is 12.5. The molecule has 1 aromatic carbocycles. The molecule has 2 aromatic rings. The van der Waals surface area contributed by atoms with Gasteiger partial charge in [-0.2, -0.15) is 0 Å². The summed E-state index contributed by atoms with van der Waals surface area (Å²) in [5, 5.41) is 12.0. The molecule has 0 saturated carbocycles. The van der Waals surface area contributed by atoms with E-state index in [1.54, 1.807) is 0 Å². The Morgan fingerprint density at radius 1 is 1.37 bits per heavy atom. The Morgan fingerprint density at radius 2 is 2.11 bits per heavy atom. The molecule has 0 radical (unpaired) electrons. The van der Waals surface area contributed by atoms with Gasteiger partial charge in [0.2, 0.25) is 0 Å². The van der Waals surface area contributed by atoms with Crippen molar-refractivity contribution < 1.29 is 4.79 Å². The second-order valence-electron chi connectivity index (χ2n) is 7.79. The SMILES string of the molecule is CC(C)(N)c1cn(CC2CCCN(C(=O)NCc3ccc(Cl)cc3)C2)nn1. The summed E-state index contributed by atoms with van der Waals surface area (Å²) < 4.78 is 1.84. The van der Waals surface area contributed by atoms with Crippen molar-refractivity contribution in [3.05, 3.63) is 46.7 Å². The number of carbonyl (C=O) groups is 1. The number of halogens is 1. The van der Waals surface area contributed by atoms with E-state index in [0.717, 1.165) is 37.2 Å². The van der Waals surface area contributed by atoms with Crippen LogP contribution < -0.4 is 11.1 Å². The van der Waals surface area contributed by atoms with Gasteiger partial charge in [-0.1, -0.05) is 28.9 Å². The number of carbonyl (C=O) groups excluding carboxylic acids is 1. The zero-order valence-electron chi connectivity index (χ0n) is 15.9. The third-order valence-corrected chi connectivity index (χ3v) is 5.06. The lowest BCUT2D eigenvalue weighted by atomic mass is 9.98. The van der Waals surface area contributed by atoms with Crippen LogP contribution in [0.1, 0.15) is 37.9 Å². The zero-order chi connectivity index (χ0) is 19.4. The van der Waals surface area contributed by atoms with Crippen molar-refractivity contribution in [3.63, 3.8) is 0 Å². The van der Waals surface area contributed by atoms with Gasteiger partial charge in [-0.15, -0.1) is 5.10 Å². The van der Waals surface area contributed by atoms with Gasteiger partial charge in [0.05, 0.1) is 11.7 Å². The molecule has 1 atom stereocenters. The third-order valence-electron chi connectivity index (χ3n) is 4.81. The van der Waals surface area contributed by atoms with E-state index >= 15 is 0 Å². The summed E-state index contributed by atoms with van der Waals surface area (Å²) in [6.45, 7) is 6.55. The van der Waals surface area contributed by atoms with Crippen molar-refractivity contribution in [2.24, 2.45) is 11.7 Å². The topological polar surface area (TPSA) is 89.1 Å². The third kappa shape index (κ3) is 5.43. The molecule has 1 aliphatic heterocycles. The summed E-state index contributed by atoms with van der Waals surface area (Å²) >= 11 is 5.89. The van der Waals surface area contributed by atoms with Crippen molar-refractivity contribution in [3.8, 4) is 0 Å². The molecule has 0 aliphatic carbocycles. The Morgan fingerprint density at radius 3 is 2.78 bits per heavy atom. The molecule has 27 heavy (non-hydrogen) atoms. The van der Waals surface area contributed by atoms with Gasteiger partial charge in [-0.25, -0.2) is 4.79 Å². The highest BCUT2D eigenvalue weighted by atomic mass is 35.5. The number of rotatable bonds is 5. The van der Waals surface area contributed by atoms with Crippen LogP contribution in [0.4, 0.5) is 4.79 Å². The number of benzene rings is 1. The number of urea groups is 1. The van der Waals surface area contributed by atoms with E-state index in [1.807, 2.05) is 53.9 Å². The van der Waals surface area contributed by atoms with Crippen molar-refractivity contribution in [1.82, 2.24) is 25.2 Å². The summed E-state index contributed by atoms with van der Waals surface area (Å²) in [6, 6.07) is 7.47. The van der Waals surface area contributed by atoms with Crippen LogP contribution in [0.5, 0.6) is 0 Å². The molecule has 2 amide bonds. The highest BCUT2D eigenvalue weighted by molar-refractivity contribution is 6.30. The van der Waals surface area contributed by atoms with Crippen molar-refractivity contribution in [2.75, 3.05) is 13.1 Å². The Hall–Kier alpha value is -2.12. The van der Waals surface area contributed by atoms with Crippen LogP contribution in [-0.4, -0.2) is 39.0 Å². The predicted molar refractivity (Wildman–Crippen MR) is 105 cm³/mol. The molecule has 1 fully saturated rings. The molecule has 7 nitrogen and oxygen atoms in total. The van der Waals surface area contributed by atoms with Crippen LogP contribution in [0.15, 0.2) is 30.5 Å². The van der Waals surface area contributed by atoms with Gasteiger partial charge in [-0.3, -0.25) is 4.68 Å². The molecular weight excluding hydrogens is 364 g/mol. The number of hydrogen-bond donors (Lipinski definition) is 2. The first-order chi connectivity index (χ1) is 12.8. The quantitative estimate of drug-likeness (QED) is 0.821. The van der Waals surface area contributed by atoms with Crippen LogP contribution in [0, 0.1) is 5.92 Å². The van der Waals surface area contributed by atoms with E-state index in [4.69, 9.17) is 17.3 Å². The van der Waals surface area contributed by atoms with E-state index in [-0.39, 0.29) is 6.03 Å². The summed E-state index contributed by atoms with van der Waals surface area (Å²) in [4.78, 5) is 14.4. The highest BCUT2D eigenvalue weighted by Gasteiger charge is 2.25. The average Bonchev–Trinajstić information content (AvgIpc) is 3.10. The second-order valence-corrected chi connectivity index (χ2v) is 8.22. The molecule has 1 aliphatic rings. The lowest BCUT2D eigenvalue weighted by Gasteiger charge is -2.32. The Kier molecular flexibility index (Phi) is 6.01. The first kappa shape index (κ1) is 19.6. The molecule has 1 unspecified atom stereocenters. The fourth-order valence-electron chi connectivity index (χ4n) is 3.24. The summed E-state index contributed by atoms with van der Waals surface area (Å²) in [5.74, 6) is 0.357. The van der Waals surface area contributed by atoms with E-state index in [2.05, 4.69) is 15.6 Å². The number of nitrogens with zero attached hydrogens (tertiary/aromatic N) is 4. The highest BCUT2D eigenvalue weighted by Crippen LogP contribution is 2.20. The normalized spacial score (nSPS) is 17.8. The molecule has 146 valence electrons. The fraction of sp³-hybridized carbons (Fsp3) is 0.526. The molecule has 1 aromatic heterocycles. The first-order valence-electron chi connectivity index (χ1n) is 9.28. The predicted octanol–water partition coefficient (Wildman–Crippen LogP) is 2.75. The number of nitrogens with one attached hydrogen (secondary N) is 1. The minimum absolute atomic E-state index is 0.0305. The Labute approximate surface area is 164 Å². The van der Waals surface area contributed by atoms with Crippen molar-refractivity contribution >= 4 is 17.6 Å². The van der Waals surface area contributed by atoms with Crippen LogP contribution >= 0.6 is 11.6 Å². The molecule has 8 heteroatoms. The molecule has 0 spiro atoms. The number of piperidine rings is 1. The van der Waals surface area contributed by atoms with E-state index in [0.29, 0.717) is 24.0 Å². The molecule has 2 heterocycles. The van der Waals surface area contributed by atoms with E-state index in [1.165, 1.54) is 0 Å². The van der Waals surface area contributed by atoms with Gasteiger partial charge in [0.15, 0.2) is 0 Å². The van der Waals surface area contributed by atoms with Gasteiger partial charge >= 0.3 is 6.03 Å². The number of nitrogens with two attached hydrogens (primary N) is 1. The second kappa shape index (κ2) is 8.27. The number of hydrogen-bond acceptors (Lipinski definition) is 4. The number of likely N-dealkylation sites (tertiary alicyclic amines) is 1. The van der Waals surface area contributed by atoms with Gasteiger partial charge < -0.3 is 16.0 Å². The van der Waals surface area contributed by atoms with Gasteiger partial charge in [0.25, 0.3) is 0 Å². The lowest BCUT2D eigenvalue weighted by molar-refractivity contribution is 0.157. The Balaban J connectivity index is 1.51. The fourth-order valence-corrected chi connectivity index (χ4v) is 3.36. The summed E-state index contributed by atoms with van der Waals surface area (Å²) in [6.07, 6.45) is 3.96. The van der Waals surface area contributed by atoms with Crippen molar-refractivity contribution in [2.45, 2.75) is 45.3 Å². The number of aromatic nitrogens is 3. The van der Waals surface area contributed by atoms with Gasteiger partial charge in [-0.05, 0) is 50.3 Å². The van der Waals surface area contributed by atoms with E-state index < -0.39 is 5.54 Å². The van der Waals surface area contributed by atoms with Crippen LogP contribution in [-0.2, 0) is 18.6 Å². The maximum absolute atomic E-state index is 12.5. The summed E-state index contributed by atoms with van der Waals surface area (Å²) in [7, 11) is 0. The van der Waals surface area contributed by atoms with E-state index in [9.17, 15) is 4.79 Å². The largest absolute Gasteiger partial charge is 0.334 e. The maximum Gasteiger partial charge on any atom is 0.317 e.